The van der Waals surface area contributed by atoms with E-state index in [9.17, 15) is 4.79 Å². The number of anilines is 1. The molecule has 1 amide bonds. The van der Waals surface area contributed by atoms with Crippen molar-refractivity contribution < 1.29 is 9.21 Å². The number of carbonyl (C=O) groups excluding carboxylic acids is 1. The molecule has 0 radical (unpaired) electrons. The summed E-state index contributed by atoms with van der Waals surface area (Å²) < 4.78 is 5.68. The number of hydrogen-bond acceptors (Lipinski definition) is 3. The molecular formula is C12H14BrN3O2. The van der Waals surface area contributed by atoms with E-state index in [0.29, 0.717) is 10.5 Å². The number of rotatable bonds is 5. The van der Waals surface area contributed by atoms with E-state index >= 15 is 0 Å². The number of aromatic amines is 1. The molecule has 5 nitrogen and oxygen atoms in total. The summed E-state index contributed by atoms with van der Waals surface area (Å²) in [5.74, 6) is 0.452. The molecule has 0 unspecified atom stereocenters. The van der Waals surface area contributed by atoms with Crippen molar-refractivity contribution >= 4 is 27.7 Å². The van der Waals surface area contributed by atoms with Crippen molar-refractivity contribution in [3.8, 4) is 0 Å². The number of amides is 1. The minimum atomic E-state index is -0.311. The molecular weight excluding hydrogens is 298 g/mol. The quantitative estimate of drug-likeness (QED) is 0.889. The zero-order chi connectivity index (χ0) is 13.0. The number of halogens is 1. The molecule has 2 heterocycles. The molecule has 0 spiro atoms. The molecule has 0 fully saturated rings. The molecule has 2 aromatic rings. The van der Waals surface area contributed by atoms with Gasteiger partial charge in [0.05, 0.1) is 0 Å². The molecule has 0 aliphatic carbocycles. The number of unbranched alkanes of at least 4 members (excludes halogenated alkanes) is 1. The number of carbonyl (C=O) groups is 1. The molecule has 2 N–H and O–H groups in total. The monoisotopic (exact) mass is 311 g/mol. The highest BCUT2D eigenvalue weighted by atomic mass is 79.9. The van der Waals surface area contributed by atoms with Gasteiger partial charge in [-0.1, -0.05) is 13.3 Å². The molecule has 0 aliphatic rings. The molecule has 18 heavy (non-hydrogen) atoms. The first kappa shape index (κ1) is 12.9. The third kappa shape index (κ3) is 3.22. The van der Waals surface area contributed by atoms with Gasteiger partial charge in [0.15, 0.2) is 16.2 Å². The van der Waals surface area contributed by atoms with Crippen LogP contribution in [0, 0.1) is 0 Å². The molecule has 0 aromatic carbocycles. The lowest BCUT2D eigenvalue weighted by Crippen LogP contribution is -2.10. The standard InChI is InChI=1S/C12H14BrN3O2/c1-2-3-4-8-7-11(16-15-8)14-12(17)9-5-6-10(13)18-9/h5-7H,2-4H2,1H3,(H2,14,15,16,17). The molecule has 2 aromatic heterocycles. The van der Waals surface area contributed by atoms with Crippen LogP contribution >= 0.6 is 15.9 Å². The number of hydrogen-bond donors (Lipinski definition) is 2. The van der Waals surface area contributed by atoms with Crippen molar-refractivity contribution in [1.82, 2.24) is 10.2 Å². The van der Waals surface area contributed by atoms with Gasteiger partial charge in [-0.05, 0) is 40.9 Å². The second-order valence-corrected chi connectivity index (χ2v) is 4.72. The van der Waals surface area contributed by atoms with Gasteiger partial charge in [-0.25, -0.2) is 0 Å². The fourth-order valence-corrected chi connectivity index (χ4v) is 1.84. The minimum Gasteiger partial charge on any atom is -0.444 e. The first-order chi connectivity index (χ1) is 8.69. The zero-order valence-electron chi connectivity index (χ0n) is 10.00. The highest BCUT2D eigenvalue weighted by Gasteiger charge is 2.12. The summed E-state index contributed by atoms with van der Waals surface area (Å²) in [5, 5.41) is 9.60. The van der Waals surface area contributed by atoms with Gasteiger partial charge in [-0.15, -0.1) is 0 Å². The molecule has 6 heteroatoms. The van der Waals surface area contributed by atoms with Crippen LogP contribution in [0.1, 0.15) is 36.0 Å². The Morgan fingerprint density at radius 2 is 2.39 bits per heavy atom. The molecule has 96 valence electrons. The Labute approximate surface area is 113 Å². The number of nitrogens with zero attached hydrogens (tertiary/aromatic N) is 1. The van der Waals surface area contributed by atoms with Crippen LogP contribution in [-0.4, -0.2) is 16.1 Å². The van der Waals surface area contributed by atoms with Crippen LogP contribution in [0.25, 0.3) is 0 Å². The van der Waals surface area contributed by atoms with Crippen molar-refractivity contribution in [2.24, 2.45) is 0 Å². The van der Waals surface area contributed by atoms with E-state index in [-0.39, 0.29) is 11.7 Å². The molecule has 0 saturated carbocycles. The third-order valence-corrected chi connectivity index (χ3v) is 2.90. The average Bonchev–Trinajstić information content (AvgIpc) is 2.96. The maximum absolute atomic E-state index is 11.8. The number of aryl methyl sites for hydroxylation is 1. The lowest BCUT2D eigenvalue weighted by molar-refractivity contribution is 0.0995. The van der Waals surface area contributed by atoms with Crippen LogP contribution in [0.5, 0.6) is 0 Å². The lowest BCUT2D eigenvalue weighted by Gasteiger charge is -1.97. The highest BCUT2D eigenvalue weighted by molar-refractivity contribution is 9.10. The predicted molar refractivity (Wildman–Crippen MR) is 71.6 cm³/mol. The second-order valence-electron chi connectivity index (χ2n) is 3.94. The van der Waals surface area contributed by atoms with Gasteiger partial charge >= 0.3 is 0 Å². The van der Waals surface area contributed by atoms with E-state index in [1.807, 2.05) is 6.07 Å². The van der Waals surface area contributed by atoms with Gasteiger partial charge in [0, 0.05) is 11.8 Å². The smallest absolute Gasteiger partial charge is 0.292 e. The summed E-state index contributed by atoms with van der Waals surface area (Å²) >= 11 is 3.15. The number of nitrogens with one attached hydrogen (secondary N) is 2. The van der Waals surface area contributed by atoms with Crippen molar-refractivity contribution in [2.45, 2.75) is 26.2 Å². The molecule has 0 saturated heterocycles. The van der Waals surface area contributed by atoms with Crippen LogP contribution in [-0.2, 0) is 6.42 Å². The second kappa shape index (κ2) is 5.86. The fourth-order valence-electron chi connectivity index (χ4n) is 1.54. The van der Waals surface area contributed by atoms with Crippen LogP contribution in [0.2, 0.25) is 0 Å². The Hall–Kier alpha value is -1.56. The summed E-state index contributed by atoms with van der Waals surface area (Å²) in [4.78, 5) is 11.8. The first-order valence-electron chi connectivity index (χ1n) is 5.80. The topological polar surface area (TPSA) is 70.9 Å². The van der Waals surface area contributed by atoms with E-state index in [2.05, 4.69) is 38.4 Å². The van der Waals surface area contributed by atoms with Crippen molar-refractivity contribution in [1.29, 1.82) is 0 Å². The van der Waals surface area contributed by atoms with Crippen molar-refractivity contribution in [2.75, 3.05) is 5.32 Å². The summed E-state index contributed by atoms with van der Waals surface area (Å²) in [6, 6.07) is 5.11. The SMILES string of the molecule is CCCCc1cc(NC(=O)c2ccc(Br)o2)n[nH]1. The van der Waals surface area contributed by atoms with Crippen molar-refractivity contribution in [3.05, 3.63) is 34.3 Å². The highest BCUT2D eigenvalue weighted by Crippen LogP contribution is 2.16. The predicted octanol–water partition coefficient (Wildman–Crippen LogP) is 3.36. The Kier molecular flexibility index (Phi) is 4.19. The van der Waals surface area contributed by atoms with E-state index in [1.54, 1.807) is 12.1 Å². The van der Waals surface area contributed by atoms with Gasteiger partial charge < -0.3 is 9.73 Å². The molecule has 0 bridgehead atoms. The average molecular weight is 312 g/mol. The van der Waals surface area contributed by atoms with Gasteiger partial charge in [-0.3, -0.25) is 9.89 Å². The summed E-state index contributed by atoms with van der Waals surface area (Å²) in [6.45, 7) is 2.13. The summed E-state index contributed by atoms with van der Waals surface area (Å²) in [5.41, 5.74) is 1.02. The van der Waals surface area contributed by atoms with E-state index in [1.165, 1.54) is 0 Å². The van der Waals surface area contributed by atoms with Crippen molar-refractivity contribution in [3.63, 3.8) is 0 Å². The lowest BCUT2D eigenvalue weighted by atomic mass is 10.2. The Morgan fingerprint density at radius 3 is 3.06 bits per heavy atom. The fraction of sp³-hybridized carbons (Fsp3) is 0.333. The molecule has 0 aliphatic heterocycles. The number of aromatic nitrogens is 2. The normalized spacial score (nSPS) is 10.6. The maximum atomic E-state index is 11.8. The number of H-pyrrole nitrogens is 1. The van der Waals surface area contributed by atoms with Gasteiger partial charge in [-0.2, -0.15) is 5.10 Å². The molecule has 0 atom stereocenters. The van der Waals surface area contributed by atoms with Crippen LogP contribution in [0.4, 0.5) is 5.82 Å². The molecule has 2 rings (SSSR count). The number of furan rings is 1. The van der Waals surface area contributed by atoms with Crippen LogP contribution in [0.3, 0.4) is 0 Å². The zero-order valence-corrected chi connectivity index (χ0v) is 11.6. The Balaban J connectivity index is 1.97. The van der Waals surface area contributed by atoms with Gasteiger partial charge in [0.2, 0.25) is 0 Å². The Bertz CT molecular complexity index is 533. The van der Waals surface area contributed by atoms with E-state index < -0.39 is 0 Å². The van der Waals surface area contributed by atoms with E-state index in [4.69, 9.17) is 4.42 Å². The first-order valence-corrected chi connectivity index (χ1v) is 6.59. The van der Waals surface area contributed by atoms with Gasteiger partial charge in [0.25, 0.3) is 5.91 Å². The van der Waals surface area contributed by atoms with E-state index in [0.717, 1.165) is 25.0 Å². The largest absolute Gasteiger partial charge is 0.444 e. The third-order valence-electron chi connectivity index (χ3n) is 2.47. The maximum Gasteiger partial charge on any atom is 0.292 e. The minimum absolute atomic E-state index is 0.250. The van der Waals surface area contributed by atoms with Crippen LogP contribution < -0.4 is 5.32 Å². The van der Waals surface area contributed by atoms with Gasteiger partial charge in [0.1, 0.15) is 0 Å². The Morgan fingerprint density at radius 1 is 1.56 bits per heavy atom. The van der Waals surface area contributed by atoms with Crippen LogP contribution in [0.15, 0.2) is 27.3 Å². The summed E-state index contributed by atoms with van der Waals surface area (Å²) in [6.07, 6.45) is 3.16. The summed E-state index contributed by atoms with van der Waals surface area (Å²) in [7, 11) is 0.